The molecule has 6 heteroatoms. The highest BCUT2D eigenvalue weighted by Gasteiger charge is 2.18. The number of nitrogens with zero attached hydrogens (tertiary/aromatic N) is 2. The number of hydrogen-bond donors (Lipinski definition) is 2. The van der Waals surface area contributed by atoms with Crippen LogP contribution in [-0.4, -0.2) is 33.5 Å². The maximum atomic E-state index is 12.0. The summed E-state index contributed by atoms with van der Waals surface area (Å²) in [4.78, 5) is 30.5. The lowest BCUT2D eigenvalue weighted by Gasteiger charge is -2.06. The Morgan fingerprint density at radius 3 is 1.92 bits per heavy atom. The van der Waals surface area contributed by atoms with Gasteiger partial charge in [-0.3, -0.25) is 4.79 Å². The Balaban J connectivity index is 2.09. The number of unbranched alkanes of at least 4 members (excludes halogenated alkanes) is 9. The lowest BCUT2D eigenvalue weighted by molar-refractivity contribution is 0.0683. The highest BCUT2D eigenvalue weighted by atomic mass is 16.4. The van der Waals surface area contributed by atoms with Gasteiger partial charge in [0.2, 0.25) is 0 Å². The molecule has 0 atom stereocenters. The Morgan fingerprint density at radius 1 is 0.875 bits per heavy atom. The molecule has 1 aromatic rings. The molecule has 0 aliphatic rings. The summed E-state index contributed by atoms with van der Waals surface area (Å²) in [6.45, 7) is 2.76. The number of carbonyl (C=O) groups is 2. The van der Waals surface area contributed by atoms with Gasteiger partial charge in [-0.1, -0.05) is 64.7 Å². The van der Waals surface area contributed by atoms with E-state index in [2.05, 4.69) is 22.2 Å². The summed E-state index contributed by atoms with van der Waals surface area (Å²) in [6, 6.07) is 0. The first-order chi connectivity index (χ1) is 11.7. The molecule has 0 radical (unpaired) electrons. The molecule has 0 unspecified atom stereocenters. The fourth-order valence-corrected chi connectivity index (χ4v) is 2.56. The Morgan fingerprint density at radius 2 is 1.38 bits per heavy atom. The second kappa shape index (κ2) is 12.4. The molecule has 0 fully saturated rings. The number of aromatic nitrogens is 2. The molecule has 1 heterocycles. The van der Waals surface area contributed by atoms with Gasteiger partial charge in [0, 0.05) is 18.9 Å². The third-order valence-electron chi connectivity index (χ3n) is 3.93. The van der Waals surface area contributed by atoms with Crippen LogP contribution in [0.25, 0.3) is 0 Å². The smallest absolute Gasteiger partial charge is 0.356 e. The van der Waals surface area contributed by atoms with Crippen molar-refractivity contribution < 1.29 is 14.7 Å². The summed E-state index contributed by atoms with van der Waals surface area (Å²) < 4.78 is 0. The molecule has 0 saturated carbocycles. The van der Waals surface area contributed by atoms with Crippen molar-refractivity contribution in [3.8, 4) is 0 Å². The summed E-state index contributed by atoms with van der Waals surface area (Å²) in [5, 5.41) is 11.7. The molecular formula is C18H29N3O3. The van der Waals surface area contributed by atoms with Gasteiger partial charge < -0.3 is 10.4 Å². The summed E-state index contributed by atoms with van der Waals surface area (Å²) >= 11 is 0. The van der Waals surface area contributed by atoms with E-state index >= 15 is 0 Å². The second-order valence-electron chi connectivity index (χ2n) is 6.00. The molecule has 0 bridgehead atoms. The van der Waals surface area contributed by atoms with Crippen LogP contribution in [-0.2, 0) is 0 Å². The lowest BCUT2D eigenvalue weighted by Crippen LogP contribution is -2.28. The Kier molecular flexibility index (Phi) is 10.4. The Hall–Kier alpha value is -1.98. The first-order valence-electron chi connectivity index (χ1n) is 8.99. The number of rotatable bonds is 13. The van der Waals surface area contributed by atoms with Crippen molar-refractivity contribution in [1.29, 1.82) is 0 Å². The zero-order valence-corrected chi connectivity index (χ0v) is 14.6. The topological polar surface area (TPSA) is 92.2 Å². The number of carbonyl (C=O) groups excluding carboxylic acids is 1. The third kappa shape index (κ3) is 8.04. The van der Waals surface area contributed by atoms with Crippen LogP contribution in [0.1, 0.15) is 92.1 Å². The first kappa shape index (κ1) is 20.1. The predicted molar refractivity (Wildman–Crippen MR) is 93.2 cm³/mol. The molecule has 0 saturated heterocycles. The van der Waals surface area contributed by atoms with Crippen LogP contribution in [0.4, 0.5) is 0 Å². The minimum Gasteiger partial charge on any atom is -0.476 e. The van der Waals surface area contributed by atoms with E-state index in [1.807, 2.05) is 0 Å². The van der Waals surface area contributed by atoms with Crippen molar-refractivity contribution in [2.45, 2.75) is 71.1 Å². The van der Waals surface area contributed by atoms with Gasteiger partial charge in [-0.25, -0.2) is 14.8 Å². The number of hydrogen-bond acceptors (Lipinski definition) is 4. The van der Waals surface area contributed by atoms with E-state index in [4.69, 9.17) is 5.11 Å². The average molecular weight is 335 g/mol. The zero-order valence-electron chi connectivity index (χ0n) is 14.6. The van der Waals surface area contributed by atoms with Crippen LogP contribution >= 0.6 is 0 Å². The minimum atomic E-state index is -1.24. The van der Waals surface area contributed by atoms with Crippen molar-refractivity contribution in [3.63, 3.8) is 0 Å². The van der Waals surface area contributed by atoms with E-state index in [1.54, 1.807) is 0 Å². The van der Waals surface area contributed by atoms with Gasteiger partial charge in [0.1, 0.15) is 0 Å². The van der Waals surface area contributed by atoms with Crippen molar-refractivity contribution in [2.24, 2.45) is 0 Å². The Bertz CT molecular complexity index is 506. The van der Waals surface area contributed by atoms with E-state index < -0.39 is 11.9 Å². The average Bonchev–Trinajstić information content (AvgIpc) is 2.59. The van der Waals surface area contributed by atoms with Gasteiger partial charge in [-0.2, -0.15) is 0 Å². The fraction of sp³-hybridized carbons (Fsp3) is 0.667. The normalized spacial score (nSPS) is 10.5. The van der Waals surface area contributed by atoms with E-state index in [9.17, 15) is 9.59 Å². The maximum Gasteiger partial charge on any atom is 0.356 e. The molecular weight excluding hydrogens is 306 g/mol. The third-order valence-corrected chi connectivity index (χ3v) is 3.93. The first-order valence-corrected chi connectivity index (χ1v) is 8.99. The second-order valence-corrected chi connectivity index (χ2v) is 6.00. The quantitative estimate of drug-likeness (QED) is 0.535. The van der Waals surface area contributed by atoms with Gasteiger partial charge in [0.15, 0.2) is 11.4 Å². The van der Waals surface area contributed by atoms with E-state index in [0.29, 0.717) is 6.54 Å². The van der Waals surface area contributed by atoms with Crippen molar-refractivity contribution in [2.75, 3.05) is 6.54 Å². The molecule has 1 aromatic heterocycles. The highest BCUT2D eigenvalue weighted by molar-refractivity contribution is 6.01. The van der Waals surface area contributed by atoms with E-state index in [0.717, 1.165) is 12.8 Å². The van der Waals surface area contributed by atoms with Crippen LogP contribution in [0, 0.1) is 0 Å². The summed E-state index contributed by atoms with van der Waals surface area (Å²) in [5.41, 5.74) is -0.435. The number of amides is 1. The molecule has 0 aliphatic heterocycles. The summed E-state index contributed by atoms with van der Waals surface area (Å²) in [7, 11) is 0. The van der Waals surface area contributed by atoms with Gasteiger partial charge >= 0.3 is 5.97 Å². The number of carboxylic acid groups (broad SMARTS) is 1. The van der Waals surface area contributed by atoms with Gasteiger partial charge in [-0.15, -0.1) is 0 Å². The van der Waals surface area contributed by atoms with Crippen LogP contribution in [0.3, 0.4) is 0 Å². The van der Waals surface area contributed by atoms with Crippen LogP contribution in [0.15, 0.2) is 12.4 Å². The molecule has 6 nitrogen and oxygen atoms in total. The van der Waals surface area contributed by atoms with Crippen LogP contribution in [0.2, 0.25) is 0 Å². The number of aromatic carboxylic acids is 1. The SMILES string of the molecule is CCCCCCCCCCCCNC(=O)c1nccnc1C(=O)O. The van der Waals surface area contributed by atoms with Gasteiger partial charge in [0.05, 0.1) is 0 Å². The summed E-state index contributed by atoms with van der Waals surface area (Å²) in [5.74, 6) is -1.72. The largest absolute Gasteiger partial charge is 0.476 e. The van der Waals surface area contributed by atoms with E-state index in [-0.39, 0.29) is 11.4 Å². The molecule has 134 valence electrons. The molecule has 0 aromatic carbocycles. The van der Waals surface area contributed by atoms with Crippen molar-refractivity contribution in [1.82, 2.24) is 15.3 Å². The fourth-order valence-electron chi connectivity index (χ4n) is 2.56. The van der Waals surface area contributed by atoms with Gasteiger partial charge in [-0.05, 0) is 6.42 Å². The van der Waals surface area contributed by atoms with E-state index in [1.165, 1.54) is 63.8 Å². The maximum absolute atomic E-state index is 12.0. The molecule has 1 rings (SSSR count). The summed E-state index contributed by atoms with van der Waals surface area (Å²) in [6.07, 6.45) is 14.9. The standard InChI is InChI=1S/C18H29N3O3/c1-2-3-4-5-6-7-8-9-10-11-12-21-17(22)15-16(18(23)24)20-14-13-19-15/h13-14H,2-12H2,1H3,(H,21,22)(H,23,24). The van der Waals surface area contributed by atoms with Crippen LogP contribution < -0.4 is 5.32 Å². The number of nitrogens with one attached hydrogen (secondary N) is 1. The van der Waals surface area contributed by atoms with Crippen molar-refractivity contribution in [3.05, 3.63) is 23.8 Å². The monoisotopic (exact) mass is 335 g/mol. The highest BCUT2D eigenvalue weighted by Crippen LogP contribution is 2.10. The molecule has 2 N–H and O–H groups in total. The molecule has 1 amide bonds. The number of carboxylic acids is 1. The Labute approximate surface area is 144 Å². The lowest BCUT2D eigenvalue weighted by atomic mass is 10.1. The minimum absolute atomic E-state index is 0.128. The molecule has 0 spiro atoms. The van der Waals surface area contributed by atoms with Crippen molar-refractivity contribution >= 4 is 11.9 Å². The van der Waals surface area contributed by atoms with Crippen LogP contribution in [0.5, 0.6) is 0 Å². The predicted octanol–water partition coefficient (Wildman–Crippen LogP) is 3.83. The van der Waals surface area contributed by atoms with Gasteiger partial charge in [0.25, 0.3) is 5.91 Å². The molecule has 0 aliphatic carbocycles. The molecule has 24 heavy (non-hydrogen) atoms. The zero-order chi connectivity index (χ0) is 17.6.